The molecule has 1 aromatic rings. The molecule has 1 saturated heterocycles. The van der Waals surface area contributed by atoms with Gasteiger partial charge in [-0.25, -0.2) is 0 Å². The third-order valence-corrected chi connectivity index (χ3v) is 5.77. The fourth-order valence-electron chi connectivity index (χ4n) is 3.51. The molecule has 3 N–H and O–H groups in total. The molecule has 0 aromatic carbocycles. The molecule has 0 radical (unpaired) electrons. The van der Waals surface area contributed by atoms with E-state index in [0.717, 1.165) is 48.8 Å². The van der Waals surface area contributed by atoms with E-state index in [2.05, 4.69) is 22.9 Å². The summed E-state index contributed by atoms with van der Waals surface area (Å²) >= 11 is 1.81. The minimum absolute atomic E-state index is 0.129. The van der Waals surface area contributed by atoms with E-state index in [9.17, 15) is 4.79 Å². The Morgan fingerprint density at radius 1 is 1.37 bits per heavy atom. The van der Waals surface area contributed by atoms with Gasteiger partial charge < -0.3 is 16.0 Å². The standard InChI is InChI=1S/C14H19N3OS/c1-8-2-3-9-10(6-8)19-13-11(9)12(18)16-14(17-13)4-5-15-7-14/h8,15,17H,2-7H2,1H3,(H,16,18). The summed E-state index contributed by atoms with van der Waals surface area (Å²) in [5.74, 6) is 0.877. The van der Waals surface area contributed by atoms with Crippen molar-refractivity contribution < 1.29 is 4.79 Å². The van der Waals surface area contributed by atoms with Gasteiger partial charge >= 0.3 is 0 Å². The number of fused-ring (bicyclic) bond motifs is 3. The first-order chi connectivity index (χ1) is 9.17. The first-order valence-electron chi connectivity index (χ1n) is 7.13. The number of hydrogen-bond acceptors (Lipinski definition) is 4. The van der Waals surface area contributed by atoms with Crippen molar-refractivity contribution >= 4 is 22.2 Å². The van der Waals surface area contributed by atoms with Crippen molar-refractivity contribution in [2.24, 2.45) is 5.92 Å². The molecule has 5 heteroatoms. The molecule has 1 spiro atoms. The zero-order chi connectivity index (χ0) is 13.0. The van der Waals surface area contributed by atoms with E-state index in [0.29, 0.717) is 0 Å². The summed E-state index contributed by atoms with van der Waals surface area (Å²) in [6, 6.07) is 0. The molecular weight excluding hydrogens is 258 g/mol. The Bertz CT molecular complexity index is 545. The van der Waals surface area contributed by atoms with E-state index in [1.165, 1.54) is 16.9 Å². The maximum atomic E-state index is 12.5. The number of carbonyl (C=O) groups is 1. The van der Waals surface area contributed by atoms with E-state index in [4.69, 9.17) is 0 Å². The number of nitrogens with one attached hydrogen (secondary N) is 3. The lowest BCUT2D eigenvalue weighted by atomic mass is 9.87. The molecule has 1 aliphatic carbocycles. The molecule has 1 aromatic heterocycles. The van der Waals surface area contributed by atoms with Crippen LogP contribution in [0.3, 0.4) is 0 Å². The van der Waals surface area contributed by atoms with Gasteiger partial charge in [-0.15, -0.1) is 11.3 Å². The molecule has 0 saturated carbocycles. The molecule has 2 aliphatic heterocycles. The zero-order valence-electron chi connectivity index (χ0n) is 11.1. The second kappa shape index (κ2) is 3.96. The van der Waals surface area contributed by atoms with Gasteiger partial charge in [-0.3, -0.25) is 4.79 Å². The van der Waals surface area contributed by atoms with Crippen molar-refractivity contribution in [3.63, 3.8) is 0 Å². The zero-order valence-corrected chi connectivity index (χ0v) is 12.0. The van der Waals surface area contributed by atoms with Crippen LogP contribution in [0.5, 0.6) is 0 Å². The molecule has 3 heterocycles. The van der Waals surface area contributed by atoms with Crippen LogP contribution >= 0.6 is 11.3 Å². The van der Waals surface area contributed by atoms with Crippen LogP contribution in [0.25, 0.3) is 0 Å². The van der Waals surface area contributed by atoms with Crippen molar-refractivity contribution in [2.75, 3.05) is 18.4 Å². The van der Waals surface area contributed by atoms with E-state index in [1.807, 2.05) is 0 Å². The van der Waals surface area contributed by atoms with Gasteiger partial charge in [0.15, 0.2) is 0 Å². The van der Waals surface area contributed by atoms with Gasteiger partial charge in [0, 0.05) is 17.8 Å². The quantitative estimate of drug-likeness (QED) is 0.677. The monoisotopic (exact) mass is 277 g/mol. The molecule has 0 bridgehead atoms. The number of anilines is 1. The first-order valence-corrected chi connectivity index (χ1v) is 7.94. The summed E-state index contributed by atoms with van der Waals surface area (Å²) in [5.41, 5.74) is 2.00. The topological polar surface area (TPSA) is 53.2 Å². The molecule has 19 heavy (non-hydrogen) atoms. The minimum Gasteiger partial charge on any atom is -0.353 e. The fraction of sp³-hybridized carbons (Fsp3) is 0.643. The molecule has 4 rings (SSSR count). The van der Waals surface area contributed by atoms with Crippen LogP contribution in [0.1, 0.15) is 40.6 Å². The van der Waals surface area contributed by atoms with Crippen LogP contribution < -0.4 is 16.0 Å². The van der Waals surface area contributed by atoms with Crippen molar-refractivity contribution in [2.45, 2.75) is 38.3 Å². The van der Waals surface area contributed by atoms with Crippen LogP contribution in [0.4, 0.5) is 5.00 Å². The number of rotatable bonds is 0. The van der Waals surface area contributed by atoms with Gasteiger partial charge in [0.1, 0.15) is 10.7 Å². The Labute approximate surface area is 117 Å². The number of thiophene rings is 1. The van der Waals surface area contributed by atoms with Crippen molar-refractivity contribution in [1.82, 2.24) is 10.6 Å². The summed E-state index contributed by atoms with van der Waals surface area (Å²) in [6.45, 7) is 4.08. The largest absolute Gasteiger partial charge is 0.353 e. The van der Waals surface area contributed by atoms with Crippen LogP contribution in [-0.2, 0) is 12.8 Å². The van der Waals surface area contributed by atoms with Crippen LogP contribution in [0.15, 0.2) is 0 Å². The van der Waals surface area contributed by atoms with Crippen molar-refractivity contribution in [1.29, 1.82) is 0 Å². The van der Waals surface area contributed by atoms with Crippen molar-refractivity contribution in [3.8, 4) is 0 Å². The predicted octanol–water partition coefficient (Wildman–Crippen LogP) is 1.72. The second-order valence-electron chi connectivity index (χ2n) is 6.14. The van der Waals surface area contributed by atoms with E-state index < -0.39 is 0 Å². The summed E-state index contributed by atoms with van der Waals surface area (Å²) in [5, 5.41) is 11.2. The normalized spacial score (nSPS) is 32.7. The van der Waals surface area contributed by atoms with Gasteiger partial charge in [0.25, 0.3) is 5.91 Å². The average molecular weight is 277 g/mol. The third kappa shape index (κ3) is 1.71. The highest BCUT2D eigenvalue weighted by molar-refractivity contribution is 7.16. The molecule has 1 fully saturated rings. The molecule has 2 atom stereocenters. The summed E-state index contributed by atoms with van der Waals surface area (Å²) < 4.78 is 0. The Kier molecular flexibility index (Phi) is 2.45. The van der Waals surface area contributed by atoms with Crippen LogP contribution in [0.2, 0.25) is 0 Å². The number of amides is 1. The Balaban J connectivity index is 1.76. The molecule has 2 unspecified atom stereocenters. The molecular formula is C14H19N3OS. The summed E-state index contributed by atoms with van der Waals surface area (Å²) in [7, 11) is 0. The lowest BCUT2D eigenvalue weighted by Gasteiger charge is -2.35. The highest BCUT2D eigenvalue weighted by atomic mass is 32.1. The fourth-order valence-corrected chi connectivity index (χ4v) is 5.02. The van der Waals surface area contributed by atoms with E-state index in [-0.39, 0.29) is 11.6 Å². The van der Waals surface area contributed by atoms with Gasteiger partial charge in [0.2, 0.25) is 0 Å². The third-order valence-electron chi connectivity index (χ3n) is 4.60. The second-order valence-corrected chi connectivity index (χ2v) is 7.25. The molecule has 4 nitrogen and oxygen atoms in total. The van der Waals surface area contributed by atoms with Gasteiger partial charge in [-0.2, -0.15) is 0 Å². The Morgan fingerprint density at radius 2 is 2.26 bits per heavy atom. The molecule has 3 aliphatic rings. The Morgan fingerprint density at radius 3 is 3.05 bits per heavy atom. The summed E-state index contributed by atoms with van der Waals surface area (Å²) in [4.78, 5) is 13.9. The first kappa shape index (κ1) is 11.7. The maximum Gasteiger partial charge on any atom is 0.256 e. The SMILES string of the molecule is CC1CCc2c(sc3c2C(=O)NC2(CCNC2)N3)C1. The minimum atomic E-state index is -0.247. The Hall–Kier alpha value is -1.07. The van der Waals surface area contributed by atoms with Gasteiger partial charge in [0.05, 0.1) is 5.56 Å². The van der Waals surface area contributed by atoms with Crippen LogP contribution in [-0.4, -0.2) is 24.7 Å². The number of hydrogen-bond donors (Lipinski definition) is 3. The van der Waals surface area contributed by atoms with E-state index >= 15 is 0 Å². The van der Waals surface area contributed by atoms with Gasteiger partial charge in [-0.1, -0.05) is 6.92 Å². The molecule has 102 valence electrons. The number of carbonyl (C=O) groups excluding carboxylic acids is 1. The highest BCUT2D eigenvalue weighted by Crippen LogP contribution is 2.42. The lowest BCUT2D eigenvalue weighted by molar-refractivity contribution is 0.0907. The smallest absolute Gasteiger partial charge is 0.256 e. The maximum absolute atomic E-state index is 12.5. The highest BCUT2D eigenvalue weighted by Gasteiger charge is 2.42. The predicted molar refractivity (Wildman–Crippen MR) is 76.8 cm³/mol. The lowest BCUT2D eigenvalue weighted by Crippen LogP contribution is -2.58. The van der Waals surface area contributed by atoms with Crippen LogP contribution in [0, 0.1) is 5.92 Å². The van der Waals surface area contributed by atoms with Crippen molar-refractivity contribution in [3.05, 3.63) is 16.0 Å². The van der Waals surface area contributed by atoms with E-state index in [1.54, 1.807) is 11.3 Å². The average Bonchev–Trinajstić information content (AvgIpc) is 2.93. The summed E-state index contributed by atoms with van der Waals surface area (Å²) in [6.07, 6.45) is 4.35. The van der Waals surface area contributed by atoms with Gasteiger partial charge in [-0.05, 0) is 37.3 Å². The molecule has 1 amide bonds.